The molecule has 0 saturated heterocycles. The molecule has 3 nitrogen and oxygen atoms in total. The Kier molecular flexibility index (Phi) is 2.88. The third-order valence-electron chi connectivity index (χ3n) is 2.27. The summed E-state index contributed by atoms with van der Waals surface area (Å²) in [6.07, 6.45) is 3.53. The lowest BCUT2D eigenvalue weighted by Crippen LogP contribution is -1.97. The monoisotopic (exact) mass is 222 g/mol. The minimum atomic E-state index is -0.400. The Morgan fingerprint density at radius 1 is 1.60 bits per heavy atom. The molecule has 0 aliphatic heterocycles. The van der Waals surface area contributed by atoms with Crippen molar-refractivity contribution in [2.45, 2.75) is 26.5 Å². The molecule has 0 fully saturated rings. The second-order valence-corrected chi connectivity index (χ2v) is 4.71. The van der Waals surface area contributed by atoms with E-state index < -0.39 is 6.10 Å². The smallest absolute Gasteiger partial charge is 0.0898 e. The standard InChI is InChI=1S/C11H14N2OS/c1-8(14)10-3-4-13(5-10)6-11-7-15-9(2)12-11/h3-5,7-8,14H,6H2,1-2H3. The summed E-state index contributed by atoms with van der Waals surface area (Å²) in [5.74, 6) is 0. The number of hydrogen-bond donors (Lipinski definition) is 1. The van der Waals surface area contributed by atoms with Crippen LogP contribution in [0.3, 0.4) is 0 Å². The van der Waals surface area contributed by atoms with Gasteiger partial charge in [0.1, 0.15) is 0 Å². The summed E-state index contributed by atoms with van der Waals surface area (Å²) in [6.45, 7) is 4.55. The molecular formula is C11H14N2OS. The molecule has 1 unspecified atom stereocenters. The number of aliphatic hydroxyl groups excluding tert-OH is 1. The summed E-state index contributed by atoms with van der Waals surface area (Å²) in [5, 5.41) is 12.5. The van der Waals surface area contributed by atoms with Gasteiger partial charge in [0.05, 0.1) is 23.4 Å². The zero-order chi connectivity index (χ0) is 10.8. The number of aliphatic hydroxyl groups is 1. The SMILES string of the molecule is Cc1nc(Cn2ccc(C(C)O)c2)cs1. The van der Waals surface area contributed by atoms with Gasteiger partial charge in [-0.3, -0.25) is 0 Å². The predicted molar refractivity (Wildman–Crippen MR) is 61.0 cm³/mol. The fourth-order valence-corrected chi connectivity index (χ4v) is 2.08. The minimum Gasteiger partial charge on any atom is -0.389 e. The van der Waals surface area contributed by atoms with Crippen LogP contribution in [0.5, 0.6) is 0 Å². The summed E-state index contributed by atoms with van der Waals surface area (Å²) in [6, 6.07) is 1.93. The molecular weight excluding hydrogens is 208 g/mol. The quantitative estimate of drug-likeness (QED) is 0.865. The molecule has 0 saturated carbocycles. The van der Waals surface area contributed by atoms with Crippen molar-refractivity contribution in [2.24, 2.45) is 0 Å². The van der Waals surface area contributed by atoms with Crippen LogP contribution in [0.15, 0.2) is 23.8 Å². The molecule has 0 spiro atoms. The van der Waals surface area contributed by atoms with Crippen molar-refractivity contribution in [2.75, 3.05) is 0 Å². The highest BCUT2D eigenvalue weighted by atomic mass is 32.1. The van der Waals surface area contributed by atoms with Gasteiger partial charge in [0.25, 0.3) is 0 Å². The van der Waals surface area contributed by atoms with Crippen LogP contribution in [-0.4, -0.2) is 14.7 Å². The molecule has 2 aromatic heterocycles. The molecule has 1 N–H and O–H groups in total. The summed E-state index contributed by atoms with van der Waals surface area (Å²) in [5.41, 5.74) is 2.02. The first kappa shape index (κ1) is 10.4. The van der Waals surface area contributed by atoms with Crippen LogP contribution < -0.4 is 0 Å². The van der Waals surface area contributed by atoms with Gasteiger partial charge in [-0.15, -0.1) is 11.3 Å². The number of nitrogens with zero attached hydrogens (tertiary/aromatic N) is 2. The van der Waals surface area contributed by atoms with E-state index in [1.807, 2.05) is 30.0 Å². The first-order chi connectivity index (χ1) is 7.15. The van der Waals surface area contributed by atoms with Gasteiger partial charge >= 0.3 is 0 Å². The lowest BCUT2D eigenvalue weighted by Gasteiger charge is -2.00. The average molecular weight is 222 g/mol. The summed E-state index contributed by atoms with van der Waals surface area (Å²) >= 11 is 1.66. The number of hydrogen-bond acceptors (Lipinski definition) is 3. The zero-order valence-electron chi connectivity index (χ0n) is 8.84. The van der Waals surface area contributed by atoms with Crippen LogP contribution in [0.25, 0.3) is 0 Å². The lowest BCUT2D eigenvalue weighted by atomic mass is 10.2. The Morgan fingerprint density at radius 2 is 2.40 bits per heavy atom. The van der Waals surface area contributed by atoms with Gasteiger partial charge in [-0.1, -0.05) is 0 Å². The van der Waals surface area contributed by atoms with Crippen molar-refractivity contribution in [1.82, 2.24) is 9.55 Å². The third-order valence-corrected chi connectivity index (χ3v) is 3.09. The fraction of sp³-hybridized carbons (Fsp3) is 0.364. The second kappa shape index (κ2) is 4.16. The van der Waals surface area contributed by atoms with Crippen LogP contribution in [0.1, 0.15) is 29.3 Å². The molecule has 1 atom stereocenters. The number of aryl methyl sites for hydroxylation is 1. The molecule has 0 amide bonds. The van der Waals surface area contributed by atoms with E-state index >= 15 is 0 Å². The van der Waals surface area contributed by atoms with E-state index in [0.29, 0.717) is 0 Å². The zero-order valence-corrected chi connectivity index (χ0v) is 9.66. The maximum atomic E-state index is 9.38. The Bertz CT molecular complexity index is 445. The molecule has 0 radical (unpaired) electrons. The van der Waals surface area contributed by atoms with Gasteiger partial charge in [-0.25, -0.2) is 4.98 Å². The molecule has 2 aromatic rings. The molecule has 2 heterocycles. The van der Waals surface area contributed by atoms with E-state index in [2.05, 4.69) is 10.4 Å². The molecule has 80 valence electrons. The van der Waals surface area contributed by atoms with E-state index in [9.17, 15) is 5.11 Å². The van der Waals surface area contributed by atoms with Crippen LogP contribution in [-0.2, 0) is 6.54 Å². The molecule has 0 aliphatic rings. The third kappa shape index (κ3) is 2.46. The van der Waals surface area contributed by atoms with Crippen molar-refractivity contribution < 1.29 is 5.11 Å². The highest BCUT2D eigenvalue weighted by molar-refractivity contribution is 7.09. The largest absolute Gasteiger partial charge is 0.389 e. The van der Waals surface area contributed by atoms with Crippen molar-refractivity contribution in [3.8, 4) is 0 Å². The average Bonchev–Trinajstić information content (AvgIpc) is 2.76. The molecule has 0 aliphatic carbocycles. The summed E-state index contributed by atoms with van der Waals surface area (Å²) in [7, 11) is 0. The van der Waals surface area contributed by atoms with E-state index in [4.69, 9.17) is 0 Å². The topological polar surface area (TPSA) is 38.0 Å². The van der Waals surface area contributed by atoms with Gasteiger partial charge in [0, 0.05) is 17.8 Å². The first-order valence-corrected chi connectivity index (χ1v) is 5.78. The number of thiazole rings is 1. The van der Waals surface area contributed by atoms with E-state index in [0.717, 1.165) is 22.8 Å². The fourth-order valence-electron chi connectivity index (χ4n) is 1.47. The van der Waals surface area contributed by atoms with Crippen LogP contribution in [0.4, 0.5) is 0 Å². The van der Waals surface area contributed by atoms with E-state index in [1.54, 1.807) is 18.3 Å². The van der Waals surface area contributed by atoms with E-state index in [-0.39, 0.29) is 0 Å². The summed E-state index contributed by atoms with van der Waals surface area (Å²) < 4.78 is 2.04. The van der Waals surface area contributed by atoms with Gasteiger partial charge in [-0.2, -0.15) is 0 Å². The molecule has 0 aromatic carbocycles. The van der Waals surface area contributed by atoms with Crippen LogP contribution in [0, 0.1) is 6.92 Å². The highest BCUT2D eigenvalue weighted by Gasteiger charge is 2.04. The molecule has 2 rings (SSSR count). The lowest BCUT2D eigenvalue weighted by molar-refractivity contribution is 0.199. The number of rotatable bonds is 3. The second-order valence-electron chi connectivity index (χ2n) is 3.65. The molecule has 0 bridgehead atoms. The van der Waals surface area contributed by atoms with Crippen LogP contribution >= 0.6 is 11.3 Å². The van der Waals surface area contributed by atoms with Crippen LogP contribution in [0.2, 0.25) is 0 Å². The van der Waals surface area contributed by atoms with Crippen molar-refractivity contribution >= 4 is 11.3 Å². The highest BCUT2D eigenvalue weighted by Crippen LogP contribution is 2.14. The maximum Gasteiger partial charge on any atom is 0.0898 e. The van der Waals surface area contributed by atoms with Gasteiger partial charge < -0.3 is 9.67 Å². The predicted octanol–water partition coefficient (Wildman–Crippen LogP) is 2.35. The van der Waals surface area contributed by atoms with Gasteiger partial charge in [0.2, 0.25) is 0 Å². The maximum absolute atomic E-state index is 9.38. The molecule has 15 heavy (non-hydrogen) atoms. The Labute approximate surface area is 93.0 Å². The van der Waals surface area contributed by atoms with Crippen molar-refractivity contribution in [1.29, 1.82) is 0 Å². The van der Waals surface area contributed by atoms with Gasteiger partial charge in [-0.05, 0) is 25.5 Å². The Morgan fingerprint density at radius 3 is 2.93 bits per heavy atom. The Hall–Kier alpha value is -1.13. The number of aromatic nitrogens is 2. The van der Waals surface area contributed by atoms with Crippen molar-refractivity contribution in [3.63, 3.8) is 0 Å². The summed E-state index contributed by atoms with van der Waals surface area (Å²) in [4.78, 5) is 4.40. The minimum absolute atomic E-state index is 0.400. The van der Waals surface area contributed by atoms with Crippen molar-refractivity contribution in [3.05, 3.63) is 40.1 Å². The normalized spacial score (nSPS) is 13.0. The molecule has 4 heteroatoms. The van der Waals surface area contributed by atoms with Gasteiger partial charge in [0.15, 0.2) is 0 Å². The van der Waals surface area contributed by atoms with E-state index in [1.165, 1.54) is 0 Å². The Balaban J connectivity index is 2.11. The first-order valence-electron chi connectivity index (χ1n) is 4.90.